The molecule has 0 aliphatic carbocycles. The highest BCUT2D eigenvalue weighted by atomic mass is 79.9. The average molecular weight is 374 g/mol. The number of hydrogen-bond donors (Lipinski definition) is 0. The minimum Gasteiger partial charge on any atom is -0.335 e. The molecule has 0 radical (unpaired) electrons. The number of amides is 1. The van der Waals surface area contributed by atoms with E-state index in [0.29, 0.717) is 18.5 Å². The summed E-state index contributed by atoms with van der Waals surface area (Å²) in [6.07, 6.45) is 2.41. The molecule has 0 spiro atoms. The molecule has 1 aromatic rings. The molecule has 1 heterocycles. The first kappa shape index (κ1) is 16.5. The van der Waals surface area contributed by atoms with Crippen LogP contribution in [0.2, 0.25) is 0 Å². The van der Waals surface area contributed by atoms with Crippen molar-refractivity contribution in [1.29, 1.82) is 0 Å². The van der Waals surface area contributed by atoms with Gasteiger partial charge in [-0.3, -0.25) is 4.79 Å². The van der Waals surface area contributed by atoms with Crippen molar-refractivity contribution in [2.24, 2.45) is 0 Å². The first-order valence-corrected chi connectivity index (χ1v) is 9.81. The number of nitrogens with zero attached hydrogens (tertiary/aromatic N) is 1. The fourth-order valence-electron chi connectivity index (χ4n) is 2.56. The summed E-state index contributed by atoms with van der Waals surface area (Å²) < 4.78 is 24.3. The van der Waals surface area contributed by atoms with E-state index in [1.807, 2.05) is 12.1 Å². The van der Waals surface area contributed by atoms with Gasteiger partial charge in [-0.2, -0.15) is 0 Å². The lowest BCUT2D eigenvalue weighted by Gasteiger charge is -2.28. The Morgan fingerprint density at radius 3 is 2.52 bits per heavy atom. The molecule has 1 saturated heterocycles. The summed E-state index contributed by atoms with van der Waals surface area (Å²) in [5.41, 5.74) is 0.610. The van der Waals surface area contributed by atoms with Crippen LogP contribution in [0.4, 0.5) is 0 Å². The van der Waals surface area contributed by atoms with Crippen LogP contribution >= 0.6 is 15.9 Å². The molecule has 1 fully saturated rings. The van der Waals surface area contributed by atoms with Crippen LogP contribution in [0.15, 0.2) is 28.7 Å². The number of carbonyl (C=O) groups is 1. The van der Waals surface area contributed by atoms with E-state index in [0.717, 1.165) is 17.3 Å². The van der Waals surface area contributed by atoms with Crippen molar-refractivity contribution in [3.8, 4) is 0 Å². The van der Waals surface area contributed by atoms with Crippen molar-refractivity contribution in [2.75, 3.05) is 18.1 Å². The number of unbranched alkanes of at least 4 members (excludes halogenated alkanes) is 1. The Labute approximate surface area is 134 Å². The van der Waals surface area contributed by atoms with E-state index < -0.39 is 9.84 Å². The Kier molecular flexibility index (Phi) is 5.43. The quantitative estimate of drug-likeness (QED) is 0.797. The zero-order chi connectivity index (χ0) is 15.5. The Balaban J connectivity index is 2.19. The van der Waals surface area contributed by atoms with Crippen molar-refractivity contribution in [3.63, 3.8) is 0 Å². The largest absolute Gasteiger partial charge is 0.335 e. The highest BCUT2D eigenvalue weighted by molar-refractivity contribution is 9.10. The molecular weight excluding hydrogens is 354 g/mol. The minimum absolute atomic E-state index is 0.0712. The van der Waals surface area contributed by atoms with Gasteiger partial charge in [0.05, 0.1) is 11.5 Å². The maximum absolute atomic E-state index is 12.7. The van der Waals surface area contributed by atoms with Crippen LogP contribution in [0, 0.1) is 0 Å². The van der Waals surface area contributed by atoms with E-state index in [9.17, 15) is 13.2 Å². The molecule has 1 aliphatic heterocycles. The Morgan fingerprint density at radius 1 is 1.33 bits per heavy atom. The number of carbonyl (C=O) groups excluding carboxylic acids is 1. The smallest absolute Gasteiger partial charge is 0.254 e. The van der Waals surface area contributed by atoms with Crippen LogP contribution in [0.3, 0.4) is 0 Å². The summed E-state index contributed by atoms with van der Waals surface area (Å²) in [6, 6.07) is 7.02. The standard InChI is InChI=1S/C15H20BrNO3S/c1-2-3-9-17(14-8-10-21(19,20)11-14)15(18)12-4-6-13(16)7-5-12/h4-7,14H,2-3,8-11H2,1H3/t14-/m1/s1. The molecule has 0 N–H and O–H groups in total. The molecule has 1 aromatic carbocycles. The third kappa shape index (κ3) is 4.30. The lowest BCUT2D eigenvalue weighted by molar-refractivity contribution is 0.0694. The lowest BCUT2D eigenvalue weighted by Crippen LogP contribution is -2.41. The van der Waals surface area contributed by atoms with E-state index in [2.05, 4.69) is 22.9 Å². The molecule has 0 saturated carbocycles. The molecule has 2 rings (SSSR count). The molecule has 1 atom stereocenters. The van der Waals surface area contributed by atoms with Crippen LogP contribution in [0.1, 0.15) is 36.5 Å². The monoisotopic (exact) mass is 373 g/mol. The van der Waals surface area contributed by atoms with Gasteiger partial charge in [-0.05, 0) is 37.1 Å². The maximum atomic E-state index is 12.7. The number of hydrogen-bond acceptors (Lipinski definition) is 3. The zero-order valence-corrected chi connectivity index (χ0v) is 14.5. The molecule has 0 bridgehead atoms. The predicted octanol–water partition coefficient (Wildman–Crippen LogP) is 2.88. The van der Waals surface area contributed by atoms with Gasteiger partial charge in [-0.15, -0.1) is 0 Å². The fraction of sp³-hybridized carbons (Fsp3) is 0.533. The SMILES string of the molecule is CCCCN(C(=O)c1ccc(Br)cc1)[C@@H]1CCS(=O)(=O)C1. The second-order valence-corrected chi connectivity index (χ2v) is 8.56. The van der Waals surface area contributed by atoms with Gasteiger partial charge in [0.1, 0.15) is 0 Å². The van der Waals surface area contributed by atoms with Crippen molar-refractivity contribution in [3.05, 3.63) is 34.3 Å². The predicted molar refractivity (Wildman–Crippen MR) is 87.1 cm³/mol. The summed E-state index contributed by atoms with van der Waals surface area (Å²) in [4.78, 5) is 14.4. The summed E-state index contributed by atoms with van der Waals surface area (Å²) in [5, 5.41) is 0. The number of sulfone groups is 1. The molecule has 0 aromatic heterocycles. The van der Waals surface area contributed by atoms with E-state index in [1.54, 1.807) is 17.0 Å². The second kappa shape index (κ2) is 6.92. The molecule has 1 aliphatic rings. The van der Waals surface area contributed by atoms with Gasteiger partial charge in [0, 0.05) is 22.6 Å². The van der Waals surface area contributed by atoms with Gasteiger partial charge in [0.2, 0.25) is 0 Å². The number of halogens is 1. The van der Waals surface area contributed by atoms with Crippen LogP contribution in [-0.2, 0) is 9.84 Å². The van der Waals surface area contributed by atoms with Gasteiger partial charge >= 0.3 is 0 Å². The number of rotatable bonds is 5. The summed E-state index contributed by atoms with van der Waals surface area (Å²) in [7, 11) is -2.99. The highest BCUT2D eigenvalue weighted by Gasteiger charge is 2.34. The number of benzene rings is 1. The highest BCUT2D eigenvalue weighted by Crippen LogP contribution is 2.21. The van der Waals surface area contributed by atoms with E-state index >= 15 is 0 Å². The van der Waals surface area contributed by atoms with Crippen LogP contribution in [-0.4, -0.2) is 43.3 Å². The molecular formula is C15H20BrNO3S. The molecule has 0 unspecified atom stereocenters. The van der Waals surface area contributed by atoms with Crippen LogP contribution < -0.4 is 0 Å². The van der Waals surface area contributed by atoms with Crippen LogP contribution in [0.5, 0.6) is 0 Å². The molecule has 21 heavy (non-hydrogen) atoms. The molecule has 4 nitrogen and oxygen atoms in total. The fourth-order valence-corrected chi connectivity index (χ4v) is 4.55. The maximum Gasteiger partial charge on any atom is 0.254 e. The van der Waals surface area contributed by atoms with Crippen LogP contribution in [0.25, 0.3) is 0 Å². The first-order valence-electron chi connectivity index (χ1n) is 7.20. The third-order valence-electron chi connectivity index (χ3n) is 3.75. The van der Waals surface area contributed by atoms with E-state index in [4.69, 9.17) is 0 Å². The second-order valence-electron chi connectivity index (χ2n) is 5.42. The zero-order valence-electron chi connectivity index (χ0n) is 12.1. The van der Waals surface area contributed by atoms with Crippen molar-refractivity contribution in [1.82, 2.24) is 4.90 Å². The van der Waals surface area contributed by atoms with Gasteiger partial charge in [0.25, 0.3) is 5.91 Å². The first-order chi connectivity index (χ1) is 9.93. The Bertz CT molecular complexity index is 598. The summed E-state index contributed by atoms with van der Waals surface area (Å²) in [5.74, 6) is 0.213. The molecule has 6 heteroatoms. The Morgan fingerprint density at radius 2 is 2.00 bits per heavy atom. The third-order valence-corrected chi connectivity index (χ3v) is 6.03. The normalized spacial score (nSPS) is 20.4. The van der Waals surface area contributed by atoms with E-state index in [-0.39, 0.29) is 23.5 Å². The van der Waals surface area contributed by atoms with Crippen molar-refractivity contribution >= 4 is 31.7 Å². The van der Waals surface area contributed by atoms with Crippen molar-refractivity contribution in [2.45, 2.75) is 32.2 Å². The summed E-state index contributed by atoms with van der Waals surface area (Å²) >= 11 is 3.35. The Hall–Kier alpha value is -0.880. The van der Waals surface area contributed by atoms with Crippen molar-refractivity contribution < 1.29 is 13.2 Å². The van der Waals surface area contributed by atoms with Gasteiger partial charge in [0.15, 0.2) is 9.84 Å². The van der Waals surface area contributed by atoms with Gasteiger partial charge in [-0.1, -0.05) is 29.3 Å². The van der Waals surface area contributed by atoms with Gasteiger partial charge < -0.3 is 4.90 Å². The molecule has 116 valence electrons. The minimum atomic E-state index is -2.99. The lowest BCUT2D eigenvalue weighted by atomic mass is 10.1. The van der Waals surface area contributed by atoms with Gasteiger partial charge in [-0.25, -0.2) is 8.42 Å². The average Bonchev–Trinajstić information content (AvgIpc) is 2.80. The topological polar surface area (TPSA) is 54.5 Å². The molecule has 1 amide bonds. The van der Waals surface area contributed by atoms with E-state index in [1.165, 1.54) is 0 Å². The summed E-state index contributed by atoms with van der Waals surface area (Å²) in [6.45, 7) is 2.68.